The molecule has 0 unspecified atom stereocenters. The lowest BCUT2D eigenvalue weighted by Gasteiger charge is -2.04. The predicted octanol–water partition coefficient (Wildman–Crippen LogP) is 0.916. The molecule has 0 atom stereocenters. The van der Waals surface area contributed by atoms with Gasteiger partial charge in [0.05, 0.1) is 13.1 Å². The average molecular weight is 216 g/mol. The highest BCUT2D eigenvalue weighted by atomic mass is 16.1. The molecule has 0 aliphatic carbocycles. The number of rotatable bonds is 5. The van der Waals surface area contributed by atoms with Crippen LogP contribution in [0.15, 0.2) is 30.3 Å². The average Bonchev–Trinajstić information content (AvgIpc) is 2.33. The molecule has 0 aliphatic rings. The Balaban J connectivity index is 2.17. The van der Waals surface area contributed by atoms with E-state index in [9.17, 15) is 4.79 Å². The lowest BCUT2D eigenvalue weighted by Crippen LogP contribution is -2.33. The largest absolute Gasteiger partial charge is 0.351 e. The molecule has 1 amide bonds. The second kappa shape index (κ2) is 7.49. The van der Waals surface area contributed by atoms with Crippen LogP contribution in [0.4, 0.5) is 0 Å². The van der Waals surface area contributed by atoms with Crippen LogP contribution in [0, 0.1) is 11.8 Å². The lowest BCUT2D eigenvalue weighted by atomic mass is 10.2. The van der Waals surface area contributed by atoms with E-state index in [0.29, 0.717) is 19.6 Å². The van der Waals surface area contributed by atoms with Gasteiger partial charge in [0.2, 0.25) is 5.91 Å². The molecule has 1 aromatic carbocycles. The number of amides is 1. The van der Waals surface area contributed by atoms with Gasteiger partial charge >= 0.3 is 0 Å². The zero-order valence-corrected chi connectivity index (χ0v) is 9.42. The van der Waals surface area contributed by atoms with Crippen LogP contribution < -0.4 is 10.6 Å². The van der Waals surface area contributed by atoms with Gasteiger partial charge < -0.3 is 5.32 Å². The number of hydrogen-bond donors (Lipinski definition) is 2. The monoisotopic (exact) mass is 216 g/mol. The third-order valence-electron chi connectivity index (χ3n) is 2.01. The Morgan fingerprint density at radius 3 is 2.75 bits per heavy atom. The first-order valence-corrected chi connectivity index (χ1v) is 5.24. The first-order chi connectivity index (χ1) is 7.83. The van der Waals surface area contributed by atoms with Crippen molar-refractivity contribution in [2.24, 2.45) is 0 Å². The van der Waals surface area contributed by atoms with Gasteiger partial charge in [-0.15, -0.1) is 5.92 Å². The number of carbonyl (C=O) groups is 1. The maximum atomic E-state index is 11.4. The number of hydrogen-bond acceptors (Lipinski definition) is 2. The molecule has 0 saturated carbocycles. The number of carbonyl (C=O) groups excluding carboxylic acids is 1. The van der Waals surface area contributed by atoms with E-state index in [1.807, 2.05) is 30.3 Å². The quantitative estimate of drug-likeness (QED) is 0.567. The van der Waals surface area contributed by atoms with Gasteiger partial charge in [0, 0.05) is 6.54 Å². The Labute approximate surface area is 96.2 Å². The van der Waals surface area contributed by atoms with Crippen molar-refractivity contribution in [2.45, 2.75) is 13.5 Å². The van der Waals surface area contributed by atoms with E-state index in [1.165, 1.54) is 0 Å². The highest BCUT2D eigenvalue weighted by Crippen LogP contribution is 1.96. The van der Waals surface area contributed by atoms with Gasteiger partial charge in [-0.05, 0) is 12.5 Å². The van der Waals surface area contributed by atoms with Crippen molar-refractivity contribution in [1.82, 2.24) is 10.6 Å². The van der Waals surface area contributed by atoms with Crippen LogP contribution in [0.2, 0.25) is 0 Å². The number of benzene rings is 1. The first-order valence-electron chi connectivity index (χ1n) is 5.24. The Bertz CT molecular complexity index is 376. The number of nitrogens with one attached hydrogen (secondary N) is 2. The van der Waals surface area contributed by atoms with E-state index in [0.717, 1.165) is 5.56 Å². The fraction of sp³-hybridized carbons (Fsp3) is 0.308. The fourth-order valence-corrected chi connectivity index (χ4v) is 1.19. The van der Waals surface area contributed by atoms with Crippen molar-refractivity contribution in [3.05, 3.63) is 35.9 Å². The molecule has 84 valence electrons. The molecule has 0 fully saturated rings. The van der Waals surface area contributed by atoms with Gasteiger partial charge in [0.1, 0.15) is 0 Å². The van der Waals surface area contributed by atoms with Gasteiger partial charge in [-0.25, -0.2) is 0 Å². The van der Waals surface area contributed by atoms with E-state index in [-0.39, 0.29) is 5.91 Å². The molecule has 3 nitrogen and oxygen atoms in total. The smallest absolute Gasteiger partial charge is 0.234 e. The van der Waals surface area contributed by atoms with Crippen LogP contribution in [0.5, 0.6) is 0 Å². The molecule has 16 heavy (non-hydrogen) atoms. The van der Waals surface area contributed by atoms with Gasteiger partial charge in [0.15, 0.2) is 0 Å². The van der Waals surface area contributed by atoms with Gasteiger partial charge in [-0.1, -0.05) is 36.3 Å². The molecule has 1 aromatic rings. The highest BCUT2D eigenvalue weighted by Gasteiger charge is 1.98. The summed E-state index contributed by atoms with van der Waals surface area (Å²) in [5.74, 6) is 5.58. The normalized spacial score (nSPS) is 9.06. The summed E-state index contributed by atoms with van der Waals surface area (Å²) < 4.78 is 0. The van der Waals surface area contributed by atoms with Crippen molar-refractivity contribution in [3.8, 4) is 11.8 Å². The van der Waals surface area contributed by atoms with Crippen LogP contribution in [0.25, 0.3) is 0 Å². The Morgan fingerprint density at radius 2 is 2.06 bits per heavy atom. The Hall–Kier alpha value is -1.79. The molecule has 2 N–H and O–H groups in total. The van der Waals surface area contributed by atoms with E-state index in [4.69, 9.17) is 0 Å². The van der Waals surface area contributed by atoms with E-state index in [1.54, 1.807) is 6.92 Å². The molecule has 0 spiro atoms. The van der Waals surface area contributed by atoms with E-state index >= 15 is 0 Å². The van der Waals surface area contributed by atoms with E-state index < -0.39 is 0 Å². The van der Waals surface area contributed by atoms with Crippen molar-refractivity contribution in [2.75, 3.05) is 13.1 Å². The minimum Gasteiger partial charge on any atom is -0.351 e. The summed E-state index contributed by atoms with van der Waals surface area (Å²) in [6.45, 7) is 3.20. The second-order valence-corrected chi connectivity index (χ2v) is 3.29. The SMILES string of the molecule is CC#CCNCC(=O)NCc1ccccc1. The second-order valence-electron chi connectivity index (χ2n) is 3.29. The van der Waals surface area contributed by atoms with Gasteiger partial charge in [0.25, 0.3) is 0 Å². The molecule has 0 bridgehead atoms. The van der Waals surface area contributed by atoms with Gasteiger partial charge in [-0.2, -0.15) is 0 Å². The minimum absolute atomic E-state index is 0.0123. The standard InChI is InChI=1S/C13H16N2O/c1-2-3-9-14-11-13(16)15-10-12-7-5-4-6-8-12/h4-8,14H,9-11H2,1H3,(H,15,16). The van der Waals surface area contributed by atoms with Crippen LogP contribution >= 0.6 is 0 Å². The summed E-state index contributed by atoms with van der Waals surface area (Å²) in [5.41, 5.74) is 1.10. The zero-order valence-electron chi connectivity index (χ0n) is 9.42. The summed E-state index contributed by atoms with van der Waals surface area (Å²) in [4.78, 5) is 11.4. The molecule has 0 heterocycles. The third kappa shape index (κ3) is 5.18. The molecular formula is C13H16N2O. The van der Waals surface area contributed by atoms with E-state index in [2.05, 4.69) is 22.5 Å². The molecule has 0 saturated heterocycles. The maximum absolute atomic E-state index is 11.4. The van der Waals surface area contributed by atoms with Crippen LogP contribution in [0.3, 0.4) is 0 Å². The topological polar surface area (TPSA) is 41.1 Å². The molecular weight excluding hydrogens is 200 g/mol. The van der Waals surface area contributed by atoms with Crippen molar-refractivity contribution >= 4 is 5.91 Å². The van der Waals surface area contributed by atoms with Crippen LogP contribution in [-0.4, -0.2) is 19.0 Å². The highest BCUT2D eigenvalue weighted by molar-refractivity contribution is 5.77. The van der Waals surface area contributed by atoms with Crippen molar-refractivity contribution < 1.29 is 4.79 Å². The summed E-state index contributed by atoms with van der Waals surface area (Å²) in [5, 5.41) is 5.76. The summed E-state index contributed by atoms with van der Waals surface area (Å²) >= 11 is 0. The molecule has 0 aliphatic heterocycles. The Kier molecular flexibility index (Phi) is 5.75. The summed E-state index contributed by atoms with van der Waals surface area (Å²) in [6.07, 6.45) is 0. The molecule has 0 radical (unpaired) electrons. The third-order valence-corrected chi connectivity index (χ3v) is 2.01. The van der Waals surface area contributed by atoms with Crippen LogP contribution in [-0.2, 0) is 11.3 Å². The minimum atomic E-state index is -0.0123. The van der Waals surface area contributed by atoms with Crippen molar-refractivity contribution in [1.29, 1.82) is 0 Å². The molecule has 1 rings (SSSR count). The summed E-state index contributed by atoms with van der Waals surface area (Å²) in [6, 6.07) is 9.83. The zero-order chi connectivity index (χ0) is 11.6. The summed E-state index contributed by atoms with van der Waals surface area (Å²) in [7, 11) is 0. The van der Waals surface area contributed by atoms with Gasteiger partial charge in [-0.3, -0.25) is 10.1 Å². The Morgan fingerprint density at radius 1 is 1.31 bits per heavy atom. The fourth-order valence-electron chi connectivity index (χ4n) is 1.19. The lowest BCUT2D eigenvalue weighted by molar-refractivity contribution is -0.120. The maximum Gasteiger partial charge on any atom is 0.234 e. The van der Waals surface area contributed by atoms with Crippen molar-refractivity contribution in [3.63, 3.8) is 0 Å². The predicted molar refractivity (Wildman–Crippen MR) is 64.6 cm³/mol. The molecule has 3 heteroatoms. The van der Waals surface area contributed by atoms with Crippen LogP contribution in [0.1, 0.15) is 12.5 Å². The molecule has 0 aromatic heterocycles. The first kappa shape index (κ1) is 12.3.